The summed E-state index contributed by atoms with van der Waals surface area (Å²) in [7, 11) is 0. The second-order valence-electron chi connectivity index (χ2n) is 5.71. The Hall–Kier alpha value is -2.64. The number of benzene rings is 1. The Morgan fingerprint density at radius 1 is 1.32 bits per heavy atom. The maximum absolute atomic E-state index is 12.7. The molecule has 25 heavy (non-hydrogen) atoms. The lowest BCUT2D eigenvalue weighted by atomic mass is 9.97. The molecule has 0 spiro atoms. The molecular formula is C17H22N2O6. The number of nitro groups is 1. The average molecular weight is 350 g/mol. The largest absolute Gasteiger partial charge is 0.487 e. The normalized spacial score (nSPS) is 17.0. The lowest BCUT2D eigenvalue weighted by Crippen LogP contribution is -2.42. The topological polar surface area (TPSA) is 99.0 Å². The van der Waals surface area contributed by atoms with Crippen molar-refractivity contribution < 1.29 is 24.0 Å². The standard InChI is InChI=1S/C17H22N2O6/c1-3-24-15-8-7-12(10-14(15)19(22)23)16(20)18-9-5-6-13(11-18)17(21)25-4-2/h7-8,10,13H,3-6,9,11H2,1-2H3. The summed E-state index contributed by atoms with van der Waals surface area (Å²) in [6.07, 6.45) is 1.36. The highest BCUT2D eigenvalue weighted by atomic mass is 16.6. The molecule has 1 aliphatic heterocycles. The number of rotatable bonds is 6. The van der Waals surface area contributed by atoms with Crippen molar-refractivity contribution in [3.8, 4) is 5.75 Å². The minimum absolute atomic E-state index is 0.132. The van der Waals surface area contributed by atoms with E-state index < -0.39 is 4.92 Å². The number of amides is 1. The molecule has 0 aliphatic carbocycles. The predicted molar refractivity (Wildman–Crippen MR) is 89.5 cm³/mol. The molecule has 1 unspecified atom stereocenters. The zero-order chi connectivity index (χ0) is 18.4. The smallest absolute Gasteiger partial charge is 0.311 e. The zero-order valence-electron chi connectivity index (χ0n) is 14.4. The van der Waals surface area contributed by atoms with E-state index in [-0.39, 0.29) is 41.3 Å². The molecule has 1 fully saturated rings. The fraction of sp³-hybridized carbons (Fsp3) is 0.529. The van der Waals surface area contributed by atoms with Crippen LogP contribution in [0.2, 0.25) is 0 Å². The number of piperidine rings is 1. The van der Waals surface area contributed by atoms with Gasteiger partial charge in [-0.25, -0.2) is 0 Å². The third kappa shape index (κ3) is 4.46. The minimum Gasteiger partial charge on any atom is -0.487 e. The molecule has 1 heterocycles. The maximum Gasteiger partial charge on any atom is 0.311 e. The first kappa shape index (κ1) is 18.7. The third-order valence-electron chi connectivity index (χ3n) is 4.03. The summed E-state index contributed by atoms with van der Waals surface area (Å²) in [4.78, 5) is 36.8. The van der Waals surface area contributed by atoms with Crippen molar-refractivity contribution >= 4 is 17.6 Å². The second kappa shape index (κ2) is 8.46. The van der Waals surface area contributed by atoms with Gasteiger partial charge in [-0.15, -0.1) is 0 Å². The predicted octanol–water partition coefficient (Wildman–Crippen LogP) is 2.41. The van der Waals surface area contributed by atoms with E-state index in [1.54, 1.807) is 18.7 Å². The van der Waals surface area contributed by atoms with Gasteiger partial charge in [0.25, 0.3) is 5.91 Å². The van der Waals surface area contributed by atoms with Gasteiger partial charge in [-0.3, -0.25) is 19.7 Å². The second-order valence-corrected chi connectivity index (χ2v) is 5.71. The molecule has 0 radical (unpaired) electrons. The molecule has 136 valence electrons. The highest BCUT2D eigenvalue weighted by molar-refractivity contribution is 5.95. The van der Waals surface area contributed by atoms with Gasteiger partial charge in [-0.2, -0.15) is 0 Å². The van der Waals surface area contributed by atoms with Crippen molar-refractivity contribution in [2.75, 3.05) is 26.3 Å². The van der Waals surface area contributed by atoms with Gasteiger partial charge in [0, 0.05) is 24.7 Å². The fourth-order valence-corrected chi connectivity index (χ4v) is 2.87. The molecule has 2 rings (SSSR count). The molecule has 1 aliphatic rings. The number of hydrogen-bond acceptors (Lipinski definition) is 6. The maximum atomic E-state index is 12.7. The van der Waals surface area contributed by atoms with E-state index in [9.17, 15) is 19.7 Å². The van der Waals surface area contributed by atoms with E-state index in [4.69, 9.17) is 9.47 Å². The summed E-state index contributed by atoms with van der Waals surface area (Å²) in [5.74, 6) is -0.861. The van der Waals surface area contributed by atoms with Crippen LogP contribution in [-0.2, 0) is 9.53 Å². The minimum atomic E-state index is -0.570. The number of likely N-dealkylation sites (tertiary alicyclic amines) is 1. The van der Waals surface area contributed by atoms with Crippen LogP contribution in [0.5, 0.6) is 5.75 Å². The van der Waals surface area contributed by atoms with Crippen molar-refractivity contribution in [1.29, 1.82) is 0 Å². The van der Waals surface area contributed by atoms with Gasteiger partial charge in [-0.05, 0) is 38.8 Å². The van der Waals surface area contributed by atoms with Crippen LogP contribution >= 0.6 is 0 Å². The van der Waals surface area contributed by atoms with Gasteiger partial charge in [-0.1, -0.05) is 0 Å². The SMILES string of the molecule is CCOC(=O)C1CCCN(C(=O)c2ccc(OCC)c([N+](=O)[O-])c2)C1. The molecule has 1 saturated heterocycles. The lowest BCUT2D eigenvalue weighted by molar-refractivity contribution is -0.385. The van der Waals surface area contributed by atoms with E-state index in [0.29, 0.717) is 32.6 Å². The molecule has 1 atom stereocenters. The highest BCUT2D eigenvalue weighted by Gasteiger charge is 2.30. The lowest BCUT2D eigenvalue weighted by Gasteiger charge is -2.31. The Morgan fingerprint density at radius 2 is 2.08 bits per heavy atom. The van der Waals surface area contributed by atoms with Crippen molar-refractivity contribution in [3.05, 3.63) is 33.9 Å². The Morgan fingerprint density at radius 3 is 2.72 bits per heavy atom. The molecule has 0 aromatic heterocycles. The number of esters is 1. The summed E-state index contributed by atoms with van der Waals surface area (Å²) in [5, 5.41) is 11.2. The van der Waals surface area contributed by atoms with E-state index >= 15 is 0 Å². The van der Waals surface area contributed by atoms with E-state index in [0.717, 1.165) is 0 Å². The first-order valence-electron chi connectivity index (χ1n) is 8.35. The van der Waals surface area contributed by atoms with E-state index in [1.807, 2.05) is 0 Å². The average Bonchev–Trinajstić information content (AvgIpc) is 2.62. The molecule has 0 bridgehead atoms. The van der Waals surface area contributed by atoms with Crippen LogP contribution in [0.3, 0.4) is 0 Å². The van der Waals surface area contributed by atoms with Gasteiger partial charge in [0.1, 0.15) is 0 Å². The molecule has 1 aromatic carbocycles. The van der Waals surface area contributed by atoms with Crippen LogP contribution in [0.15, 0.2) is 18.2 Å². The number of hydrogen-bond donors (Lipinski definition) is 0. The van der Waals surface area contributed by atoms with E-state index in [2.05, 4.69) is 0 Å². The Balaban J connectivity index is 2.18. The van der Waals surface area contributed by atoms with Crippen LogP contribution < -0.4 is 4.74 Å². The molecule has 1 aromatic rings. The number of carbonyl (C=O) groups is 2. The van der Waals surface area contributed by atoms with Crippen molar-refractivity contribution in [2.45, 2.75) is 26.7 Å². The number of carbonyl (C=O) groups excluding carboxylic acids is 2. The van der Waals surface area contributed by atoms with Crippen LogP contribution in [0, 0.1) is 16.0 Å². The molecule has 1 amide bonds. The molecular weight excluding hydrogens is 328 g/mol. The Kier molecular flexibility index (Phi) is 6.32. The summed E-state index contributed by atoms with van der Waals surface area (Å²) in [5.41, 5.74) is -0.0358. The highest BCUT2D eigenvalue weighted by Crippen LogP contribution is 2.29. The quantitative estimate of drug-likeness (QED) is 0.444. The summed E-state index contributed by atoms with van der Waals surface area (Å²) in [6.45, 7) is 4.83. The summed E-state index contributed by atoms with van der Waals surface area (Å²) in [6, 6.07) is 4.16. The van der Waals surface area contributed by atoms with Gasteiger partial charge in [0.2, 0.25) is 0 Å². The Bertz CT molecular complexity index is 661. The fourth-order valence-electron chi connectivity index (χ4n) is 2.87. The van der Waals surface area contributed by atoms with Crippen molar-refractivity contribution in [1.82, 2.24) is 4.90 Å². The van der Waals surface area contributed by atoms with Gasteiger partial charge in [0.15, 0.2) is 5.75 Å². The molecule has 8 heteroatoms. The van der Waals surface area contributed by atoms with Crippen molar-refractivity contribution in [2.24, 2.45) is 5.92 Å². The molecule has 0 N–H and O–H groups in total. The third-order valence-corrected chi connectivity index (χ3v) is 4.03. The van der Waals surface area contributed by atoms with Crippen LogP contribution in [0.4, 0.5) is 5.69 Å². The number of nitrogens with zero attached hydrogens (tertiary/aromatic N) is 2. The number of ether oxygens (including phenoxy) is 2. The van der Waals surface area contributed by atoms with Gasteiger partial charge < -0.3 is 14.4 Å². The molecule has 8 nitrogen and oxygen atoms in total. The van der Waals surface area contributed by atoms with Crippen LogP contribution in [0.25, 0.3) is 0 Å². The first-order chi connectivity index (χ1) is 12.0. The summed E-state index contributed by atoms with van der Waals surface area (Å²) >= 11 is 0. The Labute approximate surface area is 145 Å². The van der Waals surface area contributed by atoms with Gasteiger partial charge in [0.05, 0.1) is 24.1 Å². The molecule has 0 saturated carbocycles. The van der Waals surface area contributed by atoms with Crippen LogP contribution in [-0.4, -0.2) is 48.0 Å². The van der Waals surface area contributed by atoms with E-state index in [1.165, 1.54) is 18.2 Å². The number of nitro benzene ring substituents is 1. The zero-order valence-corrected chi connectivity index (χ0v) is 14.4. The summed E-state index contributed by atoms with van der Waals surface area (Å²) < 4.78 is 10.3. The monoisotopic (exact) mass is 350 g/mol. The van der Waals surface area contributed by atoms with Gasteiger partial charge >= 0.3 is 11.7 Å². The van der Waals surface area contributed by atoms with Crippen molar-refractivity contribution in [3.63, 3.8) is 0 Å². The van der Waals surface area contributed by atoms with Crippen LogP contribution in [0.1, 0.15) is 37.0 Å². The first-order valence-corrected chi connectivity index (χ1v) is 8.35.